The van der Waals surface area contributed by atoms with Crippen LogP contribution in [0.5, 0.6) is 5.75 Å². The molecular weight excluding hydrogens is 369 g/mol. The quantitative estimate of drug-likeness (QED) is 0.629. The fourth-order valence-electron chi connectivity index (χ4n) is 2.65. The maximum atomic E-state index is 12.7. The number of benzene rings is 2. The third-order valence-corrected chi connectivity index (χ3v) is 4.43. The van der Waals surface area contributed by atoms with Crippen LogP contribution in [0.2, 0.25) is 5.02 Å². The Labute approximate surface area is 153 Å². The Morgan fingerprint density at radius 1 is 1.19 bits per heavy atom. The molecule has 0 aromatic heterocycles. The lowest BCUT2D eigenvalue weighted by Crippen LogP contribution is -2.06. The molecule has 138 valence electrons. The van der Waals surface area contributed by atoms with Crippen molar-refractivity contribution in [1.82, 2.24) is 0 Å². The van der Waals surface area contributed by atoms with Gasteiger partial charge in [0.2, 0.25) is 0 Å². The van der Waals surface area contributed by atoms with Crippen molar-refractivity contribution in [3.05, 3.63) is 63.7 Å². The predicted molar refractivity (Wildman–Crippen MR) is 90.5 cm³/mol. The summed E-state index contributed by atoms with van der Waals surface area (Å²) in [6.07, 6.45) is -2.33. The van der Waals surface area contributed by atoms with E-state index in [9.17, 15) is 18.0 Å². The summed E-state index contributed by atoms with van der Waals surface area (Å²) < 4.78 is 48.4. The van der Waals surface area contributed by atoms with Gasteiger partial charge < -0.3 is 9.47 Å². The Balaban J connectivity index is 1.79. The van der Waals surface area contributed by atoms with Gasteiger partial charge in [-0.05, 0) is 60.2 Å². The highest BCUT2D eigenvalue weighted by molar-refractivity contribution is 6.32. The van der Waals surface area contributed by atoms with Crippen molar-refractivity contribution in [3.8, 4) is 5.75 Å². The van der Waals surface area contributed by atoms with Crippen molar-refractivity contribution in [2.45, 2.75) is 31.5 Å². The summed E-state index contributed by atoms with van der Waals surface area (Å²) in [5.41, 5.74) is 1.35. The van der Waals surface area contributed by atoms with E-state index in [1.165, 1.54) is 13.2 Å². The lowest BCUT2D eigenvalue weighted by atomic mass is 10.0. The second-order valence-corrected chi connectivity index (χ2v) is 6.57. The summed E-state index contributed by atoms with van der Waals surface area (Å²) in [7, 11) is 1.31. The molecule has 7 heteroatoms. The SMILES string of the molecule is COC(=O)c1cc(COc2ccc(C(F)(F)F)cc2Cl)cc(C2CC2)c1. The molecule has 2 aromatic carbocycles. The fourth-order valence-corrected chi connectivity index (χ4v) is 2.88. The zero-order valence-electron chi connectivity index (χ0n) is 13.9. The summed E-state index contributed by atoms with van der Waals surface area (Å²) in [5.74, 6) is 0.130. The van der Waals surface area contributed by atoms with Crippen molar-refractivity contribution >= 4 is 17.6 Å². The molecule has 26 heavy (non-hydrogen) atoms. The molecule has 1 aliphatic rings. The number of esters is 1. The number of hydrogen-bond donors (Lipinski definition) is 0. The van der Waals surface area contributed by atoms with Crippen LogP contribution in [0, 0.1) is 0 Å². The maximum absolute atomic E-state index is 12.7. The highest BCUT2D eigenvalue weighted by atomic mass is 35.5. The van der Waals surface area contributed by atoms with Crippen molar-refractivity contribution < 1.29 is 27.4 Å². The van der Waals surface area contributed by atoms with Crippen LogP contribution >= 0.6 is 11.6 Å². The van der Waals surface area contributed by atoms with Crippen LogP contribution < -0.4 is 4.74 Å². The number of alkyl halides is 3. The number of carbonyl (C=O) groups is 1. The van der Waals surface area contributed by atoms with Crippen LogP contribution in [0.25, 0.3) is 0 Å². The second-order valence-electron chi connectivity index (χ2n) is 6.16. The van der Waals surface area contributed by atoms with E-state index in [1.54, 1.807) is 12.1 Å². The van der Waals surface area contributed by atoms with Gasteiger partial charge >= 0.3 is 12.1 Å². The molecule has 3 nitrogen and oxygen atoms in total. The Morgan fingerprint density at radius 3 is 2.50 bits per heavy atom. The van der Waals surface area contributed by atoms with Gasteiger partial charge in [-0.25, -0.2) is 4.79 Å². The molecule has 2 aromatic rings. The topological polar surface area (TPSA) is 35.5 Å². The Hall–Kier alpha value is -2.21. The third kappa shape index (κ3) is 4.30. The monoisotopic (exact) mass is 384 g/mol. The van der Waals surface area contributed by atoms with E-state index < -0.39 is 17.7 Å². The molecule has 0 N–H and O–H groups in total. The molecule has 1 aliphatic carbocycles. The summed E-state index contributed by atoms with van der Waals surface area (Å²) in [4.78, 5) is 11.8. The first-order valence-corrected chi connectivity index (χ1v) is 8.37. The molecule has 1 saturated carbocycles. The third-order valence-electron chi connectivity index (χ3n) is 4.14. The number of ether oxygens (including phenoxy) is 2. The van der Waals surface area contributed by atoms with Crippen LogP contribution in [0.3, 0.4) is 0 Å². The van der Waals surface area contributed by atoms with Gasteiger partial charge in [-0.1, -0.05) is 17.7 Å². The number of hydrogen-bond acceptors (Lipinski definition) is 3. The smallest absolute Gasteiger partial charge is 0.416 e. The van der Waals surface area contributed by atoms with Crippen LogP contribution in [0.4, 0.5) is 13.2 Å². The van der Waals surface area contributed by atoms with Crippen LogP contribution in [0.1, 0.15) is 45.8 Å². The van der Waals surface area contributed by atoms with Gasteiger partial charge in [0.25, 0.3) is 0 Å². The van der Waals surface area contributed by atoms with Crippen molar-refractivity contribution in [2.75, 3.05) is 7.11 Å². The highest BCUT2D eigenvalue weighted by Gasteiger charge is 2.31. The predicted octanol–water partition coefficient (Wildman–Crippen LogP) is 5.60. The van der Waals surface area contributed by atoms with Gasteiger partial charge in [-0.15, -0.1) is 0 Å². The lowest BCUT2D eigenvalue weighted by molar-refractivity contribution is -0.137. The molecule has 0 unspecified atom stereocenters. The molecule has 0 spiro atoms. The molecule has 1 fully saturated rings. The van der Waals surface area contributed by atoms with Gasteiger partial charge in [-0.2, -0.15) is 13.2 Å². The fraction of sp³-hybridized carbons (Fsp3) is 0.316. The number of carbonyl (C=O) groups excluding carboxylic acids is 1. The van der Waals surface area contributed by atoms with E-state index in [4.69, 9.17) is 21.1 Å². The van der Waals surface area contributed by atoms with Crippen LogP contribution in [-0.4, -0.2) is 13.1 Å². The van der Waals surface area contributed by atoms with Crippen molar-refractivity contribution in [2.24, 2.45) is 0 Å². The molecule has 0 amide bonds. The van der Waals surface area contributed by atoms with Crippen LogP contribution in [-0.2, 0) is 17.5 Å². The van der Waals surface area contributed by atoms with Gasteiger partial charge in [0, 0.05) is 0 Å². The minimum Gasteiger partial charge on any atom is -0.487 e. The van der Waals surface area contributed by atoms with Gasteiger partial charge in [-0.3, -0.25) is 0 Å². The second kappa shape index (κ2) is 7.19. The van der Waals surface area contributed by atoms with Crippen molar-refractivity contribution in [1.29, 1.82) is 0 Å². The normalized spacial score (nSPS) is 14.2. The van der Waals surface area contributed by atoms with E-state index in [-0.39, 0.29) is 17.4 Å². The Bertz CT molecular complexity index is 829. The summed E-state index contributed by atoms with van der Waals surface area (Å²) in [6, 6.07) is 8.33. The van der Waals surface area contributed by atoms with Gasteiger partial charge in [0.1, 0.15) is 12.4 Å². The molecule has 0 heterocycles. The zero-order valence-corrected chi connectivity index (χ0v) is 14.7. The molecule has 0 radical (unpaired) electrons. The average Bonchev–Trinajstić information content (AvgIpc) is 3.44. The van der Waals surface area contributed by atoms with E-state index in [0.717, 1.165) is 36.1 Å². The van der Waals surface area contributed by atoms with E-state index in [1.807, 2.05) is 6.07 Å². The molecule has 0 bridgehead atoms. The first kappa shape index (κ1) is 18.6. The number of halogens is 4. The minimum atomic E-state index is -4.46. The maximum Gasteiger partial charge on any atom is 0.416 e. The number of methoxy groups -OCH3 is 1. The standard InChI is InChI=1S/C19H16ClF3O3/c1-25-18(24)14-7-11(6-13(8-14)12-2-3-12)10-26-17-5-4-15(9-16(17)20)19(21,22)23/h4-9,12H,2-3,10H2,1H3. The molecule has 0 atom stereocenters. The zero-order chi connectivity index (χ0) is 18.9. The lowest BCUT2D eigenvalue weighted by Gasteiger charge is -2.13. The molecule has 3 rings (SSSR count). The Morgan fingerprint density at radius 2 is 1.92 bits per heavy atom. The van der Waals surface area contributed by atoms with E-state index in [0.29, 0.717) is 11.5 Å². The van der Waals surface area contributed by atoms with Crippen molar-refractivity contribution in [3.63, 3.8) is 0 Å². The molecule has 0 saturated heterocycles. The van der Waals surface area contributed by atoms with Crippen LogP contribution in [0.15, 0.2) is 36.4 Å². The van der Waals surface area contributed by atoms with E-state index in [2.05, 4.69) is 0 Å². The molecule has 0 aliphatic heterocycles. The highest BCUT2D eigenvalue weighted by Crippen LogP contribution is 2.41. The first-order valence-electron chi connectivity index (χ1n) is 7.99. The van der Waals surface area contributed by atoms with Gasteiger partial charge in [0.05, 0.1) is 23.3 Å². The number of rotatable bonds is 5. The largest absolute Gasteiger partial charge is 0.487 e. The Kier molecular flexibility index (Phi) is 5.14. The van der Waals surface area contributed by atoms with Gasteiger partial charge in [0.15, 0.2) is 0 Å². The summed E-state index contributed by atoms with van der Waals surface area (Å²) in [5, 5.41) is -0.119. The average molecular weight is 385 g/mol. The first-order chi connectivity index (χ1) is 12.3. The van der Waals surface area contributed by atoms with E-state index >= 15 is 0 Å². The minimum absolute atomic E-state index is 0.0790. The summed E-state index contributed by atoms with van der Waals surface area (Å²) >= 11 is 5.90. The summed E-state index contributed by atoms with van der Waals surface area (Å²) in [6.45, 7) is 0.0790. The molecular formula is C19H16ClF3O3.